The topological polar surface area (TPSA) is 64.6 Å². The van der Waals surface area contributed by atoms with Crippen molar-refractivity contribution in [2.75, 3.05) is 12.4 Å². The molecule has 0 aliphatic rings. The third-order valence-electron chi connectivity index (χ3n) is 4.59. The van der Waals surface area contributed by atoms with Gasteiger partial charge in [0.05, 0.1) is 18.4 Å². The van der Waals surface area contributed by atoms with Crippen LogP contribution in [0.15, 0.2) is 72.8 Å². The minimum atomic E-state index is -1.24. The highest BCUT2D eigenvalue weighted by Crippen LogP contribution is 2.26. The van der Waals surface area contributed by atoms with E-state index in [0.717, 1.165) is 12.1 Å². The van der Waals surface area contributed by atoms with Crippen molar-refractivity contribution >= 4 is 29.2 Å². The van der Waals surface area contributed by atoms with Crippen molar-refractivity contribution in [2.45, 2.75) is 13.0 Å². The van der Waals surface area contributed by atoms with Gasteiger partial charge < -0.3 is 14.8 Å². The van der Waals surface area contributed by atoms with Crippen LogP contribution in [0.1, 0.15) is 18.1 Å². The van der Waals surface area contributed by atoms with Gasteiger partial charge in [-0.25, -0.2) is 13.6 Å². The molecule has 3 aromatic carbocycles. The Bertz CT molecular complexity index is 1150. The Balaban J connectivity index is 1.83. The van der Waals surface area contributed by atoms with Crippen molar-refractivity contribution in [3.8, 4) is 5.75 Å². The zero-order chi connectivity index (χ0) is 23.1. The maximum Gasteiger partial charge on any atom is 0.339 e. The third-order valence-corrected chi connectivity index (χ3v) is 4.59. The van der Waals surface area contributed by atoms with E-state index in [4.69, 9.17) is 9.47 Å². The summed E-state index contributed by atoms with van der Waals surface area (Å²) < 4.78 is 37.6. The van der Waals surface area contributed by atoms with Crippen molar-refractivity contribution in [3.63, 3.8) is 0 Å². The van der Waals surface area contributed by atoms with E-state index < -0.39 is 29.6 Å². The zero-order valence-corrected chi connectivity index (χ0v) is 17.5. The second-order valence-electron chi connectivity index (χ2n) is 6.83. The molecule has 0 saturated carbocycles. The predicted octanol–water partition coefficient (Wildman–Crippen LogP) is 5.08. The summed E-state index contributed by atoms with van der Waals surface area (Å²) in [6.45, 7) is 1.36. The van der Waals surface area contributed by atoms with Crippen molar-refractivity contribution in [2.24, 2.45) is 0 Å². The number of ether oxygens (including phenoxy) is 2. The lowest BCUT2D eigenvalue weighted by Crippen LogP contribution is -2.30. The summed E-state index contributed by atoms with van der Waals surface area (Å²) in [6, 6.07) is 18.7. The van der Waals surface area contributed by atoms with Crippen LogP contribution < -0.4 is 10.1 Å². The van der Waals surface area contributed by atoms with Gasteiger partial charge in [0.2, 0.25) is 0 Å². The number of nitrogens with one attached hydrogen (secondary N) is 1. The van der Waals surface area contributed by atoms with Crippen molar-refractivity contribution in [1.29, 1.82) is 0 Å². The van der Waals surface area contributed by atoms with Gasteiger partial charge in [0.1, 0.15) is 17.4 Å². The molecule has 1 amide bonds. The normalized spacial score (nSPS) is 12.1. The number of rotatable bonds is 7. The highest BCUT2D eigenvalue weighted by Gasteiger charge is 2.23. The van der Waals surface area contributed by atoms with Crippen LogP contribution >= 0.6 is 0 Å². The van der Waals surface area contributed by atoms with Gasteiger partial charge in [0.25, 0.3) is 5.91 Å². The summed E-state index contributed by atoms with van der Waals surface area (Å²) in [5.41, 5.74) is 1.23. The number of amides is 1. The Hall–Kier alpha value is -4.00. The average Bonchev–Trinajstić information content (AvgIpc) is 2.79. The first-order valence-corrected chi connectivity index (χ1v) is 9.76. The van der Waals surface area contributed by atoms with Crippen LogP contribution in [0.2, 0.25) is 0 Å². The van der Waals surface area contributed by atoms with E-state index in [0.29, 0.717) is 22.9 Å². The number of methoxy groups -OCH3 is 1. The van der Waals surface area contributed by atoms with Crippen LogP contribution in [0, 0.1) is 11.6 Å². The number of hydrogen-bond acceptors (Lipinski definition) is 4. The Morgan fingerprint density at radius 3 is 2.34 bits per heavy atom. The summed E-state index contributed by atoms with van der Waals surface area (Å²) in [5.74, 6) is -2.64. The van der Waals surface area contributed by atoms with E-state index in [1.54, 1.807) is 54.6 Å². The maximum atomic E-state index is 13.8. The predicted molar refractivity (Wildman–Crippen MR) is 118 cm³/mol. The fraction of sp³-hybridized carbons (Fsp3) is 0.120. The number of carbonyl (C=O) groups is 2. The number of benzene rings is 3. The first-order valence-electron chi connectivity index (χ1n) is 9.76. The lowest BCUT2D eigenvalue weighted by molar-refractivity contribution is -0.147. The molecule has 0 aromatic heterocycles. The van der Waals surface area contributed by atoms with E-state index in [9.17, 15) is 18.4 Å². The molecule has 0 aliphatic carbocycles. The molecule has 0 saturated heterocycles. The van der Waals surface area contributed by atoms with E-state index in [-0.39, 0.29) is 11.3 Å². The molecule has 3 aromatic rings. The lowest BCUT2D eigenvalue weighted by Gasteiger charge is -2.16. The largest absolute Gasteiger partial charge is 0.496 e. The second kappa shape index (κ2) is 10.3. The fourth-order valence-corrected chi connectivity index (χ4v) is 2.92. The number of halogens is 2. The molecule has 0 fully saturated rings. The SMILES string of the molecule is COc1ccccc1/C=C(/C(=O)OC(C)C(=O)Nc1ccc(F)cc1F)c1ccccc1. The quantitative estimate of drug-likeness (QED) is 0.318. The lowest BCUT2D eigenvalue weighted by atomic mass is 10.0. The van der Waals surface area contributed by atoms with Gasteiger partial charge in [-0.05, 0) is 36.8 Å². The highest BCUT2D eigenvalue weighted by atomic mass is 19.1. The molecule has 1 N–H and O–H groups in total. The molecule has 0 radical (unpaired) electrons. The fourth-order valence-electron chi connectivity index (χ4n) is 2.92. The Morgan fingerprint density at radius 2 is 1.66 bits per heavy atom. The average molecular weight is 437 g/mol. The van der Waals surface area contributed by atoms with Crippen molar-refractivity contribution in [1.82, 2.24) is 0 Å². The van der Waals surface area contributed by atoms with Crippen LogP contribution in [0.3, 0.4) is 0 Å². The number of para-hydroxylation sites is 1. The van der Waals surface area contributed by atoms with Crippen LogP contribution in [0.25, 0.3) is 11.6 Å². The molecule has 1 unspecified atom stereocenters. The smallest absolute Gasteiger partial charge is 0.339 e. The molecule has 164 valence electrons. The second-order valence-corrected chi connectivity index (χ2v) is 6.83. The summed E-state index contributed by atoms with van der Waals surface area (Å²) >= 11 is 0. The minimum absolute atomic E-state index is 0.211. The number of carbonyl (C=O) groups excluding carboxylic acids is 2. The summed E-state index contributed by atoms with van der Waals surface area (Å²) in [7, 11) is 1.52. The van der Waals surface area contributed by atoms with E-state index >= 15 is 0 Å². The van der Waals surface area contributed by atoms with E-state index in [2.05, 4.69) is 5.32 Å². The molecule has 32 heavy (non-hydrogen) atoms. The Labute approximate surface area is 184 Å². The molecule has 7 heteroatoms. The third kappa shape index (κ3) is 5.57. The molecular weight excluding hydrogens is 416 g/mol. The molecule has 3 rings (SSSR count). The summed E-state index contributed by atoms with van der Waals surface area (Å²) in [6.07, 6.45) is 0.373. The Morgan fingerprint density at radius 1 is 0.969 bits per heavy atom. The van der Waals surface area contributed by atoms with Gasteiger partial charge in [-0.1, -0.05) is 48.5 Å². The van der Waals surface area contributed by atoms with Gasteiger partial charge in [-0.3, -0.25) is 4.79 Å². The molecular formula is C25H21F2NO4. The molecule has 0 bridgehead atoms. The molecule has 0 spiro atoms. The monoisotopic (exact) mass is 437 g/mol. The van der Waals surface area contributed by atoms with Crippen molar-refractivity contribution in [3.05, 3.63) is 95.6 Å². The van der Waals surface area contributed by atoms with Gasteiger partial charge in [-0.2, -0.15) is 0 Å². The maximum absolute atomic E-state index is 13.8. The standard InChI is InChI=1S/C25H21F2NO4/c1-16(24(29)28-22-13-12-19(26)15-21(22)27)32-25(30)20(17-8-4-3-5-9-17)14-18-10-6-7-11-23(18)31-2/h3-16H,1-2H3,(H,28,29)/b20-14+. The van der Waals surface area contributed by atoms with Gasteiger partial charge >= 0.3 is 5.97 Å². The van der Waals surface area contributed by atoms with Crippen LogP contribution in [-0.4, -0.2) is 25.1 Å². The highest BCUT2D eigenvalue weighted by molar-refractivity contribution is 6.22. The van der Waals surface area contributed by atoms with Crippen LogP contribution in [0.4, 0.5) is 14.5 Å². The van der Waals surface area contributed by atoms with Crippen LogP contribution in [0.5, 0.6) is 5.75 Å². The molecule has 0 aliphatic heterocycles. The van der Waals surface area contributed by atoms with Gasteiger partial charge in [0, 0.05) is 11.6 Å². The number of anilines is 1. The van der Waals surface area contributed by atoms with Crippen LogP contribution in [-0.2, 0) is 14.3 Å². The zero-order valence-electron chi connectivity index (χ0n) is 17.5. The molecule has 5 nitrogen and oxygen atoms in total. The van der Waals surface area contributed by atoms with Gasteiger partial charge in [0.15, 0.2) is 6.10 Å². The summed E-state index contributed by atoms with van der Waals surface area (Å²) in [5, 5.41) is 2.29. The number of esters is 1. The summed E-state index contributed by atoms with van der Waals surface area (Å²) in [4.78, 5) is 25.4. The van der Waals surface area contributed by atoms with E-state index in [1.165, 1.54) is 14.0 Å². The van der Waals surface area contributed by atoms with Gasteiger partial charge in [-0.15, -0.1) is 0 Å². The number of hydrogen-bond donors (Lipinski definition) is 1. The van der Waals surface area contributed by atoms with E-state index in [1.807, 2.05) is 6.07 Å². The Kier molecular flexibility index (Phi) is 7.33. The first-order chi connectivity index (χ1) is 15.4. The minimum Gasteiger partial charge on any atom is -0.496 e. The van der Waals surface area contributed by atoms with Crippen molar-refractivity contribution < 1.29 is 27.8 Å². The molecule has 1 atom stereocenters. The first kappa shape index (κ1) is 22.7. The molecule has 0 heterocycles.